The van der Waals surface area contributed by atoms with E-state index in [4.69, 9.17) is 14.2 Å². The molecule has 3 aromatic rings. The Balaban J connectivity index is 1.48. The summed E-state index contributed by atoms with van der Waals surface area (Å²) in [5, 5.41) is 2.86. The number of hydrogen-bond donors (Lipinski definition) is 1. The van der Waals surface area contributed by atoms with E-state index in [2.05, 4.69) is 31.3 Å². The fourth-order valence-corrected chi connectivity index (χ4v) is 3.08. The predicted molar refractivity (Wildman–Crippen MR) is 123 cm³/mol. The summed E-state index contributed by atoms with van der Waals surface area (Å²) in [6.45, 7) is 7.00. The molecule has 3 rings (SSSR count). The number of amides is 1. The summed E-state index contributed by atoms with van der Waals surface area (Å²) in [6.07, 6.45) is 0. The first kappa shape index (κ1) is 22.2. The lowest BCUT2D eigenvalue weighted by molar-refractivity contribution is -0.118. The molecule has 0 saturated carbocycles. The summed E-state index contributed by atoms with van der Waals surface area (Å²) in [4.78, 5) is 12.4. The van der Waals surface area contributed by atoms with Crippen molar-refractivity contribution in [1.82, 2.24) is 0 Å². The van der Waals surface area contributed by atoms with Gasteiger partial charge < -0.3 is 19.5 Å². The topological polar surface area (TPSA) is 56.8 Å². The molecule has 31 heavy (non-hydrogen) atoms. The van der Waals surface area contributed by atoms with Crippen LogP contribution in [-0.4, -0.2) is 25.7 Å². The number of hydrogen-bond acceptors (Lipinski definition) is 4. The number of nitrogens with one attached hydrogen (secondary N) is 1. The summed E-state index contributed by atoms with van der Waals surface area (Å²) in [5.41, 5.74) is 2.84. The van der Waals surface area contributed by atoms with Crippen LogP contribution in [0.25, 0.3) is 0 Å². The molecule has 5 nitrogen and oxygen atoms in total. The Kier molecular flexibility index (Phi) is 7.93. The van der Waals surface area contributed by atoms with Gasteiger partial charge in [-0.05, 0) is 54.3 Å². The summed E-state index contributed by atoms with van der Waals surface area (Å²) < 4.78 is 17.2. The van der Waals surface area contributed by atoms with E-state index >= 15 is 0 Å². The van der Waals surface area contributed by atoms with Crippen molar-refractivity contribution in [2.75, 3.05) is 25.1 Å². The van der Waals surface area contributed by atoms with Crippen LogP contribution in [-0.2, 0) is 4.79 Å². The Morgan fingerprint density at radius 3 is 2.29 bits per heavy atom. The van der Waals surface area contributed by atoms with Crippen molar-refractivity contribution in [2.45, 2.75) is 26.7 Å². The maximum atomic E-state index is 12.4. The third-order valence-corrected chi connectivity index (χ3v) is 4.63. The Morgan fingerprint density at radius 1 is 0.839 bits per heavy atom. The van der Waals surface area contributed by atoms with Crippen LogP contribution in [0.3, 0.4) is 0 Å². The highest BCUT2D eigenvalue weighted by molar-refractivity contribution is 5.92. The molecule has 0 spiro atoms. The van der Waals surface area contributed by atoms with E-state index in [1.807, 2.05) is 61.5 Å². The molecule has 0 aromatic heterocycles. The van der Waals surface area contributed by atoms with Crippen LogP contribution >= 0.6 is 0 Å². The van der Waals surface area contributed by atoms with Gasteiger partial charge >= 0.3 is 0 Å². The van der Waals surface area contributed by atoms with Crippen LogP contribution in [0.1, 0.15) is 30.9 Å². The van der Waals surface area contributed by atoms with Gasteiger partial charge in [0.25, 0.3) is 5.91 Å². The maximum Gasteiger partial charge on any atom is 0.262 e. The van der Waals surface area contributed by atoms with E-state index in [0.717, 1.165) is 22.6 Å². The molecule has 1 N–H and O–H groups in total. The van der Waals surface area contributed by atoms with Crippen molar-refractivity contribution in [1.29, 1.82) is 0 Å². The zero-order valence-electron chi connectivity index (χ0n) is 18.3. The molecule has 0 aliphatic heterocycles. The Morgan fingerprint density at radius 2 is 1.55 bits per heavy atom. The van der Waals surface area contributed by atoms with Gasteiger partial charge in [-0.3, -0.25) is 4.79 Å². The molecule has 3 aromatic carbocycles. The molecular weight excluding hydrogens is 390 g/mol. The molecule has 0 bridgehead atoms. The van der Waals surface area contributed by atoms with Gasteiger partial charge in [-0.15, -0.1) is 0 Å². The minimum absolute atomic E-state index is 0.0564. The predicted octanol–water partition coefficient (Wildman–Crippen LogP) is 5.59. The van der Waals surface area contributed by atoms with Gasteiger partial charge in [-0.2, -0.15) is 0 Å². The average Bonchev–Trinajstić information content (AvgIpc) is 2.76. The van der Waals surface area contributed by atoms with Crippen molar-refractivity contribution in [3.8, 4) is 17.2 Å². The van der Waals surface area contributed by atoms with Crippen molar-refractivity contribution < 1.29 is 19.0 Å². The maximum absolute atomic E-state index is 12.4. The number of benzene rings is 3. The second-order valence-electron chi connectivity index (χ2n) is 7.57. The van der Waals surface area contributed by atoms with Crippen molar-refractivity contribution in [3.05, 3.63) is 83.9 Å². The molecule has 0 aliphatic carbocycles. The number of carbonyl (C=O) groups is 1. The third kappa shape index (κ3) is 7.07. The van der Waals surface area contributed by atoms with Gasteiger partial charge in [0.15, 0.2) is 6.61 Å². The van der Waals surface area contributed by atoms with Crippen molar-refractivity contribution >= 4 is 11.6 Å². The van der Waals surface area contributed by atoms with Gasteiger partial charge in [-0.1, -0.05) is 50.2 Å². The molecule has 1 amide bonds. The molecular formula is C26H29NO4. The SMILES string of the molecule is Cc1ccc(C(C)C)c(OCC(=O)Nc2cccc(OCCOc3ccccc3)c2)c1. The highest BCUT2D eigenvalue weighted by atomic mass is 16.5. The van der Waals surface area contributed by atoms with E-state index in [1.165, 1.54) is 0 Å². The Hall–Kier alpha value is -3.47. The fraction of sp³-hybridized carbons (Fsp3) is 0.269. The second kappa shape index (κ2) is 11.1. The molecule has 0 fully saturated rings. The van der Waals surface area contributed by atoms with E-state index in [1.54, 1.807) is 6.07 Å². The van der Waals surface area contributed by atoms with Crippen LogP contribution in [0.15, 0.2) is 72.8 Å². The number of carbonyl (C=O) groups excluding carboxylic acids is 1. The van der Waals surface area contributed by atoms with Crippen LogP contribution < -0.4 is 19.5 Å². The zero-order chi connectivity index (χ0) is 22.1. The van der Waals surface area contributed by atoms with E-state index < -0.39 is 0 Å². The number of aryl methyl sites for hydroxylation is 1. The number of rotatable bonds is 10. The summed E-state index contributed by atoms with van der Waals surface area (Å²) in [7, 11) is 0. The van der Waals surface area contributed by atoms with E-state index in [0.29, 0.717) is 30.6 Å². The molecule has 0 saturated heterocycles. The number of ether oxygens (including phenoxy) is 3. The van der Waals surface area contributed by atoms with Gasteiger partial charge in [0.1, 0.15) is 30.5 Å². The summed E-state index contributed by atoms with van der Waals surface area (Å²) in [6, 6.07) is 22.9. The molecule has 0 unspecified atom stereocenters. The second-order valence-corrected chi connectivity index (χ2v) is 7.57. The quantitative estimate of drug-likeness (QED) is 0.435. The minimum Gasteiger partial charge on any atom is -0.490 e. The number of anilines is 1. The highest BCUT2D eigenvalue weighted by Crippen LogP contribution is 2.27. The highest BCUT2D eigenvalue weighted by Gasteiger charge is 2.11. The third-order valence-electron chi connectivity index (χ3n) is 4.63. The Bertz CT molecular complexity index is 986. The first-order valence-corrected chi connectivity index (χ1v) is 10.4. The molecule has 0 atom stereocenters. The van der Waals surface area contributed by atoms with Crippen molar-refractivity contribution in [2.24, 2.45) is 0 Å². The normalized spacial score (nSPS) is 10.6. The van der Waals surface area contributed by atoms with E-state index in [9.17, 15) is 4.79 Å². The Labute approximate surface area is 184 Å². The largest absolute Gasteiger partial charge is 0.490 e. The van der Waals surface area contributed by atoms with E-state index in [-0.39, 0.29) is 12.5 Å². The smallest absolute Gasteiger partial charge is 0.262 e. The first-order valence-electron chi connectivity index (χ1n) is 10.4. The summed E-state index contributed by atoms with van der Waals surface area (Å²) in [5.74, 6) is 2.32. The molecule has 162 valence electrons. The van der Waals surface area contributed by atoms with Crippen LogP contribution in [0, 0.1) is 6.92 Å². The molecule has 0 radical (unpaired) electrons. The van der Waals surface area contributed by atoms with Gasteiger partial charge in [-0.25, -0.2) is 0 Å². The van der Waals surface area contributed by atoms with Gasteiger partial charge in [0.05, 0.1) is 0 Å². The monoisotopic (exact) mass is 419 g/mol. The molecule has 5 heteroatoms. The minimum atomic E-state index is -0.222. The summed E-state index contributed by atoms with van der Waals surface area (Å²) >= 11 is 0. The fourth-order valence-electron chi connectivity index (χ4n) is 3.08. The lowest BCUT2D eigenvalue weighted by atomic mass is 10.0. The molecule has 0 aliphatic rings. The average molecular weight is 420 g/mol. The standard InChI is InChI=1S/C26H29NO4/c1-19(2)24-13-12-20(3)16-25(24)31-18-26(28)27-21-8-7-11-23(17-21)30-15-14-29-22-9-5-4-6-10-22/h4-13,16-17,19H,14-15,18H2,1-3H3,(H,27,28). The van der Waals surface area contributed by atoms with Crippen LogP contribution in [0.2, 0.25) is 0 Å². The zero-order valence-corrected chi connectivity index (χ0v) is 18.3. The number of para-hydroxylation sites is 1. The molecule has 0 heterocycles. The van der Waals surface area contributed by atoms with Crippen LogP contribution in [0.4, 0.5) is 5.69 Å². The first-order chi connectivity index (χ1) is 15.0. The van der Waals surface area contributed by atoms with Gasteiger partial charge in [0, 0.05) is 11.8 Å². The lowest BCUT2D eigenvalue weighted by Gasteiger charge is -2.15. The van der Waals surface area contributed by atoms with Crippen LogP contribution in [0.5, 0.6) is 17.2 Å². The lowest BCUT2D eigenvalue weighted by Crippen LogP contribution is -2.20. The van der Waals surface area contributed by atoms with Gasteiger partial charge in [0.2, 0.25) is 0 Å². The van der Waals surface area contributed by atoms with Crippen molar-refractivity contribution in [3.63, 3.8) is 0 Å².